The highest BCUT2D eigenvalue weighted by atomic mass is 127. The Bertz CT molecular complexity index is 807. The highest BCUT2D eigenvalue weighted by molar-refractivity contribution is 14.1. The number of benzene rings is 2. The van der Waals surface area contributed by atoms with E-state index in [1.807, 2.05) is 62.4 Å². The lowest BCUT2D eigenvalue weighted by atomic mass is 10.1. The van der Waals surface area contributed by atoms with Crippen LogP contribution in [0.25, 0.3) is 0 Å². The molecule has 1 N–H and O–H groups in total. The van der Waals surface area contributed by atoms with Crippen molar-refractivity contribution in [2.45, 2.75) is 39.4 Å². The van der Waals surface area contributed by atoms with Gasteiger partial charge in [-0.1, -0.05) is 12.1 Å². The first-order valence-electron chi connectivity index (χ1n) is 9.41. The van der Waals surface area contributed by atoms with E-state index < -0.39 is 6.04 Å². The summed E-state index contributed by atoms with van der Waals surface area (Å²) in [6.07, 6.45) is 0. The van der Waals surface area contributed by atoms with E-state index >= 15 is 0 Å². The van der Waals surface area contributed by atoms with Gasteiger partial charge in [-0.15, -0.1) is 0 Å². The Morgan fingerprint density at radius 1 is 1.00 bits per heavy atom. The molecule has 29 heavy (non-hydrogen) atoms. The number of amides is 2. The van der Waals surface area contributed by atoms with E-state index in [0.29, 0.717) is 12.3 Å². The molecule has 0 aliphatic heterocycles. The first-order chi connectivity index (χ1) is 13.8. The van der Waals surface area contributed by atoms with Crippen molar-refractivity contribution in [3.8, 4) is 11.5 Å². The Kier molecular flexibility index (Phi) is 8.75. The fourth-order valence-electron chi connectivity index (χ4n) is 2.67. The number of halogens is 1. The standard InChI is InChI=1S/C22H27IN2O4/c1-15(2)24-22(27)16(3)25(13-17-5-9-19(28-4)10-6-17)21(26)14-29-20-11-7-18(23)8-12-20/h5-12,15-16H,13-14H2,1-4H3,(H,24,27)/t16-/m0/s1. The summed E-state index contributed by atoms with van der Waals surface area (Å²) in [5, 5.41) is 2.87. The molecule has 0 saturated heterocycles. The van der Waals surface area contributed by atoms with Crippen LogP contribution in [-0.4, -0.2) is 42.5 Å². The molecular weight excluding hydrogens is 483 g/mol. The molecular formula is C22H27IN2O4. The van der Waals surface area contributed by atoms with Gasteiger partial charge in [0.2, 0.25) is 5.91 Å². The Morgan fingerprint density at radius 2 is 1.59 bits per heavy atom. The summed E-state index contributed by atoms with van der Waals surface area (Å²) in [7, 11) is 1.60. The van der Waals surface area contributed by atoms with Crippen LogP contribution < -0.4 is 14.8 Å². The summed E-state index contributed by atoms with van der Waals surface area (Å²) in [6.45, 7) is 5.66. The molecule has 156 valence electrons. The SMILES string of the molecule is COc1ccc(CN(C(=O)COc2ccc(I)cc2)[C@@H](C)C(=O)NC(C)C)cc1. The molecule has 1 atom stereocenters. The third-order valence-corrected chi connectivity index (χ3v) is 5.01. The number of nitrogens with zero attached hydrogens (tertiary/aromatic N) is 1. The third-order valence-electron chi connectivity index (χ3n) is 4.29. The predicted octanol–water partition coefficient (Wildman–Crippen LogP) is 3.62. The number of methoxy groups -OCH3 is 1. The second kappa shape index (κ2) is 11.0. The van der Waals surface area contributed by atoms with Gasteiger partial charge in [-0.2, -0.15) is 0 Å². The van der Waals surface area contributed by atoms with Gasteiger partial charge in [0.1, 0.15) is 17.5 Å². The van der Waals surface area contributed by atoms with Crippen LogP contribution in [0.4, 0.5) is 0 Å². The van der Waals surface area contributed by atoms with E-state index in [9.17, 15) is 9.59 Å². The van der Waals surface area contributed by atoms with Crippen molar-refractivity contribution >= 4 is 34.4 Å². The van der Waals surface area contributed by atoms with Crippen molar-refractivity contribution < 1.29 is 19.1 Å². The van der Waals surface area contributed by atoms with Crippen LogP contribution in [-0.2, 0) is 16.1 Å². The maximum absolute atomic E-state index is 12.9. The number of nitrogens with one attached hydrogen (secondary N) is 1. The zero-order chi connectivity index (χ0) is 21.4. The van der Waals surface area contributed by atoms with Gasteiger partial charge in [0, 0.05) is 16.2 Å². The number of hydrogen-bond donors (Lipinski definition) is 1. The first-order valence-corrected chi connectivity index (χ1v) is 10.5. The minimum absolute atomic E-state index is 0.00840. The molecule has 6 nitrogen and oxygen atoms in total. The normalized spacial score (nSPS) is 11.7. The van der Waals surface area contributed by atoms with Gasteiger partial charge in [-0.25, -0.2) is 0 Å². The van der Waals surface area contributed by atoms with Crippen molar-refractivity contribution in [3.05, 3.63) is 57.7 Å². The molecule has 2 rings (SSSR count). The largest absolute Gasteiger partial charge is 0.497 e. The highest BCUT2D eigenvalue weighted by Gasteiger charge is 2.26. The Labute approximate surface area is 185 Å². The summed E-state index contributed by atoms with van der Waals surface area (Å²) >= 11 is 2.21. The average Bonchev–Trinajstić information content (AvgIpc) is 2.70. The quantitative estimate of drug-likeness (QED) is 0.524. The number of ether oxygens (including phenoxy) is 2. The third kappa shape index (κ3) is 7.23. The van der Waals surface area contributed by atoms with Crippen LogP contribution in [0.15, 0.2) is 48.5 Å². The minimum Gasteiger partial charge on any atom is -0.497 e. The van der Waals surface area contributed by atoms with E-state index in [0.717, 1.165) is 14.9 Å². The molecule has 0 radical (unpaired) electrons. The smallest absolute Gasteiger partial charge is 0.261 e. The molecule has 2 amide bonds. The van der Waals surface area contributed by atoms with Gasteiger partial charge in [-0.3, -0.25) is 9.59 Å². The van der Waals surface area contributed by atoms with Crippen LogP contribution in [0.5, 0.6) is 11.5 Å². The molecule has 0 aliphatic rings. The van der Waals surface area contributed by atoms with E-state index in [4.69, 9.17) is 9.47 Å². The van der Waals surface area contributed by atoms with Gasteiger partial charge in [0.15, 0.2) is 6.61 Å². The van der Waals surface area contributed by atoms with Gasteiger partial charge in [0.05, 0.1) is 7.11 Å². The van der Waals surface area contributed by atoms with Crippen LogP contribution >= 0.6 is 22.6 Å². The lowest BCUT2D eigenvalue weighted by Crippen LogP contribution is -2.50. The first kappa shape index (κ1) is 23.0. The average molecular weight is 510 g/mol. The van der Waals surface area contributed by atoms with E-state index in [1.165, 1.54) is 4.90 Å². The van der Waals surface area contributed by atoms with Crippen LogP contribution in [0, 0.1) is 3.57 Å². The van der Waals surface area contributed by atoms with Crippen molar-refractivity contribution in [2.24, 2.45) is 0 Å². The summed E-state index contributed by atoms with van der Waals surface area (Å²) < 4.78 is 11.9. The molecule has 0 aliphatic carbocycles. The van der Waals surface area contributed by atoms with Gasteiger partial charge in [0.25, 0.3) is 5.91 Å². The van der Waals surface area contributed by atoms with E-state index in [-0.39, 0.29) is 24.5 Å². The monoisotopic (exact) mass is 510 g/mol. The molecule has 7 heteroatoms. The van der Waals surface area contributed by atoms with Gasteiger partial charge < -0.3 is 19.7 Å². The van der Waals surface area contributed by atoms with Crippen LogP contribution in [0.2, 0.25) is 0 Å². The zero-order valence-corrected chi connectivity index (χ0v) is 19.3. The van der Waals surface area contributed by atoms with Crippen LogP contribution in [0.1, 0.15) is 26.3 Å². The molecule has 0 heterocycles. The van der Waals surface area contributed by atoms with Crippen molar-refractivity contribution in [3.63, 3.8) is 0 Å². The number of carbonyl (C=O) groups excluding carboxylic acids is 2. The Balaban J connectivity index is 2.13. The molecule has 2 aromatic carbocycles. The Morgan fingerprint density at radius 3 is 2.14 bits per heavy atom. The maximum atomic E-state index is 12.9. The number of carbonyl (C=O) groups is 2. The topological polar surface area (TPSA) is 67.9 Å². The van der Waals surface area contributed by atoms with Crippen molar-refractivity contribution in [2.75, 3.05) is 13.7 Å². The predicted molar refractivity (Wildman–Crippen MR) is 121 cm³/mol. The lowest BCUT2D eigenvalue weighted by Gasteiger charge is -2.29. The number of rotatable bonds is 9. The summed E-state index contributed by atoms with van der Waals surface area (Å²) in [5.41, 5.74) is 0.901. The molecule has 0 unspecified atom stereocenters. The summed E-state index contributed by atoms with van der Waals surface area (Å²) in [5.74, 6) is 0.892. The second-order valence-electron chi connectivity index (χ2n) is 6.95. The molecule has 0 saturated carbocycles. The molecule has 0 aromatic heterocycles. The molecule has 0 bridgehead atoms. The van der Waals surface area contributed by atoms with Gasteiger partial charge in [-0.05, 0) is 85.3 Å². The maximum Gasteiger partial charge on any atom is 0.261 e. The minimum atomic E-state index is -0.632. The lowest BCUT2D eigenvalue weighted by molar-refractivity contribution is -0.142. The van der Waals surface area contributed by atoms with Crippen LogP contribution in [0.3, 0.4) is 0 Å². The van der Waals surface area contributed by atoms with Gasteiger partial charge >= 0.3 is 0 Å². The molecule has 0 fully saturated rings. The number of hydrogen-bond acceptors (Lipinski definition) is 4. The summed E-state index contributed by atoms with van der Waals surface area (Å²) in [6, 6.07) is 14.2. The summed E-state index contributed by atoms with van der Waals surface area (Å²) in [4.78, 5) is 27.0. The highest BCUT2D eigenvalue weighted by Crippen LogP contribution is 2.17. The zero-order valence-electron chi connectivity index (χ0n) is 17.1. The van der Waals surface area contributed by atoms with E-state index in [2.05, 4.69) is 27.9 Å². The van der Waals surface area contributed by atoms with Crippen molar-refractivity contribution in [1.82, 2.24) is 10.2 Å². The van der Waals surface area contributed by atoms with E-state index in [1.54, 1.807) is 14.0 Å². The Hall–Kier alpha value is -2.29. The second-order valence-corrected chi connectivity index (χ2v) is 8.20. The van der Waals surface area contributed by atoms with Crippen molar-refractivity contribution in [1.29, 1.82) is 0 Å². The molecule has 0 spiro atoms. The fraction of sp³-hybridized carbons (Fsp3) is 0.364. The fourth-order valence-corrected chi connectivity index (χ4v) is 3.03. The molecule has 2 aromatic rings.